The summed E-state index contributed by atoms with van der Waals surface area (Å²) in [6.45, 7) is 1.79. The van der Waals surface area contributed by atoms with Crippen LogP contribution in [0.5, 0.6) is 0 Å². The van der Waals surface area contributed by atoms with Gasteiger partial charge in [-0.2, -0.15) is 0 Å². The highest BCUT2D eigenvalue weighted by Gasteiger charge is 2.14. The number of ether oxygens (including phenoxy) is 1. The molecule has 2 aromatic heterocycles. The molecule has 4 nitrogen and oxygen atoms in total. The van der Waals surface area contributed by atoms with Crippen LogP contribution in [0.15, 0.2) is 34.9 Å². The van der Waals surface area contributed by atoms with Crippen LogP contribution in [-0.2, 0) is 11.3 Å². The van der Waals surface area contributed by atoms with Gasteiger partial charge in [0, 0.05) is 16.2 Å². The maximum Gasteiger partial charge on any atom is 0.348 e. The Morgan fingerprint density at radius 1 is 1.45 bits per heavy atom. The van der Waals surface area contributed by atoms with Gasteiger partial charge in [0.15, 0.2) is 0 Å². The normalized spacial score (nSPS) is 10.9. The number of fused-ring (bicyclic) bond motifs is 1. The summed E-state index contributed by atoms with van der Waals surface area (Å²) in [5, 5.41) is 4.16. The molecule has 0 unspecified atom stereocenters. The monoisotopic (exact) mass is 291 g/mol. The Balaban J connectivity index is 1.77. The van der Waals surface area contributed by atoms with Crippen molar-refractivity contribution in [2.75, 3.05) is 0 Å². The molecule has 0 amide bonds. The predicted octanol–water partition coefficient (Wildman–Crippen LogP) is 3.69. The molecule has 0 bridgehead atoms. The lowest BCUT2D eigenvalue weighted by Crippen LogP contribution is -2.03. The lowest BCUT2D eigenvalue weighted by atomic mass is 10.2. The molecule has 1 aromatic carbocycles. The Kier molecular flexibility index (Phi) is 3.23. The van der Waals surface area contributed by atoms with Gasteiger partial charge in [0.2, 0.25) is 0 Å². The van der Waals surface area contributed by atoms with Crippen LogP contribution in [0.3, 0.4) is 0 Å². The molecule has 0 saturated heterocycles. The Morgan fingerprint density at radius 3 is 3.00 bits per heavy atom. The van der Waals surface area contributed by atoms with Crippen LogP contribution in [-0.4, -0.2) is 11.1 Å². The van der Waals surface area contributed by atoms with Crippen molar-refractivity contribution in [1.82, 2.24) is 5.16 Å². The highest BCUT2D eigenvalue weighted by atomic mass is 32.1. The lowest BCUT2D eigenvalue weighted by Gasteiger charge is -1.98. The van der Waals surface area contributed by atoms with Crippen LogP contribution in [0.4, 0.5) is 4.39 Å². The molecule has 0 atom stereocenters. The maximum absolute atomic E-state index is 13.5. The molecular weight excluding hydrogens is 281 g/mol. The van der Waals surface area contributed by atoms with Crippen LogP contribution >= 0.6 is 11.3 Å². The molecule has 0 aliphatic rings. The average molecular weight is 291 g/mol. The van der Waals surface area contributed by atoms with Gasteiger partial charge in [-0.15, -0.1) is 11.3 Å². The molecule has 0 radical (unpaired) electrons. The highest BCUT2D eigenvalue weighted by molar-refractivity contribution is 7.20. The van der Waals surface area contributed by atoms with E-state index in [0.29, 0.717) is 26.4 Å². The minimum Gasteiger partial charge on any atom is -0.455 e. The summed E-state index contributed by atoms with van der Waals surface area (Å²) < 4.78 is 24.3. The first-order valence-electron chi connectivity index (χ1n) is 5.91. The molecule has 3 aromatic rings. The second kappa shape index (κ2) is 5.05. The number of benzene rings is 1. The summed E-state index contributed by atoms with van der Waals surface area (Å²) in [4.78, 5) is 12.3. The van der Waals surface area contributed by atoms with Gasteiger partial charge >= 0.3 is 5.97 Å². The maximum atomic E-state index is 13.5. The van der Waals surface area contributed by atoms with Crippen molar-refractivity contribution in [2.45, 2.75) is 13.5 Å². The van der Waals surface area contributed by atoms with E-state index in [9.17, 15) is 9.18 Å². The molecule has 102 valence electrons. The largest absolute Gasteiger partial charge is 0.455 e. The number of carbonyl (C=O) groups is 1. The van der Waals surface area contributed by atoms with Crippen molar-refractivity contribution < 1.29 is 18.4 Å². The smallest absolute Gasteiger partial charge is 0.348 e. The van der Waals surface area contributed by atoms with Gasteiger partial charge in [-0.05, 0) is 25.1 Å². The van der Waals surface area contributed by atoms with Crippen molar-refractivity contribution in [2.24, 2.45) is 0 Å². The first-order valence-corrected chi connectivity index (χ1v) is 6.72. The van der Waals surface area contributed by atoms with Crippen LogP contribution < -0.4 is 0 Å². The number of nitrogens with zero attached hydrogens (tertiary/aromatic N) is 1. The van der Waals surface area contributed by atoms with Crippen LogP contribution in [0, 0.1) is 12.7 Å². The van der Waals surface area contributed by atoms with E-state index in [2.05, 4.69) is 5.16 Å². The van der Waals surface area contributed by atoms with Crippen LogP contribution in [0.2, 0.25) is 0 Å². The van der Waals surface area contributed by atoms with Crippen LogP contribution in [0.25, 0.3) is 10.1 Å². The zero-order chi connectivity index (χ0) is 14.1. The highest BCUT2D eigenvalue weighted by Crippen LogP contribution is 2.28. The molecule has 20 heavy (non-hydrogen) atoms. The zero-order valence-electron chi connectivity index (χ0n) is 10.6. The second-order valence-corrected chi connectivity index (χ2v) is 5.35. The SMILES string of the molecule is Cc1cc(COC(=O)c2cc3c(F)cccc3s2)no1. The van der Waals surface area contributed by atoms with Crippen molar-refractivity contribution in [3.05, 3.63) is 52.5 Å². The van der Waals surface area contributed by atoms with E-state index in [4.69, 9.17) is 9.26 Å². The molecule has 0 aliphatic heterocycles. The number of esters is 1. The topological polar surface area (TPSA) is 52.3 Å². The molecule has 0 spiro atoms. The Bertz CT molecular complexity index is 778. The summed E-state index contributed by atoms with van der Waals surface area (Å²) >= 11 is 1.20. The van der Waals surface area contributed by atoms with Gasteiger partial charge in [0.1, 0.15) is 28.8 Å². The van der Waals surface area contributed by atoms with E-state index >= 15 is 0 Å². The van der Waals surface area contributed by atoms with Crippen molar-refractivity contribution in [3.8, 4) is 0 Å². The number of hydrogen-bond acceptors (Lipinski definition) is 5. The number of rotatable bonds is 3. The molecule has 2 heterocycles. The Labute approximate surface area is 117 Å². The minimum atomic E-state index is -0.494. The Morgan fingerprint density at radius 2 is 2.30 bits per heavy atom. The third kappa shape index (κ3) is 2.42. The fourth-order valence-corrected chi connectivity index (χ4v) is 2.79. The van der Waals surface area contributed by atoms with E-state index in [1.54, 1.807) is 25.1 Å². The molecule has 3 rings (SSSR count). The second-order valence-electron chi connectivity index (χ2n) is 4.27. The third-order valence-corrected chi connectivity index (χ3v) is 3.82. The van der Waals surface area contributed by atoms with Crippen molar-refractivity contribution >= 4 is 27.4 Å². The molecule has 0 fully saturated rings. The Hall–Kier alpha value is -2.21. The molecule has 0 aliphatic carbocycles. The van der Waals surface area contributed by atoms with E-state index in [1.165, 1.54) is 23.5 Å². The van der Waals surface area contributed by atoms with Crippen molar-refractivity contribution in [1.29, 1.82) is 0 Å². The zero-order valence-corrected chi connectivity index (χ0v) is 11.4. The fraction of sp³-hybridized carbons (Fsp3) is 0.143. The first-order chi connectivity index (χ1) is 9.63. The summed E-state index contributed by atoms with van der Waals surface area (Å²) in [7, 11) is 0. The first kappa shape index (κ1) is 12.8. The van der Waals surface area contributed by atoms with Crippen molar-refractivity contribution in [3.63, 3.8) is 0 Å². The summed E-state index contributed by atoms with van der Waals surface area (Å²) in [6.07, 6.45) is 0. The quantitative estimate of drug-likeness (QED) is 0.690. The standard InChI is InChI=1S/C14H10FNO3S/c1-8-5-9(16-19-8)7-18-14(17)13-6-10-11(15)3-2-4-12(10)20-13/h2-6H,7H2,1H3. The van der Waals surface area contributed by atoms with Gasteiger partial charge in [-0.1, -0.05) is 11.2 Å². The predicted molar refractivity (Wildman–Crippen MR) is 72.1 cm³/mol. The number of carbonyl (C=O) groups excluding carboxylic acids is 1. The summed E-state index contributed by atoms with van der Waals surface area (Å²) in [5.41, 5.74) is 0.545. The van der Waals surface area contributed by atoms with E-state index in [-0.39, 0.29) is 12.4 Å². The van der Waals surface area contributed by atoms with Gasteiger partial charge in [0.05, 0.1) is 0 Å². The molecular formula is C14H10FNO3S. The number of thiophene rings is 1. The lowest BCUT2D eigenvalue weighted by molar-refractivity contribution is 0.0470. The average Bonchev–Trinajstić information content (AvgIpc) is 3.03. The van der Waals surface area contributed by atoms with Gasteiger partial charge in [-0.25, -0.2) is 9.18 Å². The third-order valence-electron chi connectivity index (χ3n) is 2.74. The molecule has 0 saturated carbocycles. The molecule has 0 N–H and O–H groups in total. The minimum absolute atomic E-state index is 0.0346. The van der Waals surface area contributed by atoms with Crippen LogP contribution in [0.1, 0.15) is 21.1 Å². The number of halogens is 1. The summed E-state index contributed by atoms with van der Waals surface area (Å²) in [6, 6.07) is 7.94. The summed E-state index contributed by atoms with van der Waals surface area (Å²) in [5.74, 6) is -0.184. The van der Waals surface area contributed by atoms with Gasteiger partial charge in [0.25, 0.3) is 0 Å². The van der Waals surface area contributed by atoms with E-state index in [0.717, 1.165) is 0 Å². The number of hydrogen-bond donors (Lipinski definition) is 0. The number of aromatic nitrogens is 1. The number of aryl methyl sites for hydroxylation is 1. The molecule has 6 heteroatoms. The van der Waals surface area contributed by atoms with Gasteiger partial charge in [-0.3, -0.25) is 0 Å². The fourth-order valence-electron chi connectivity index (χ4n) is 1.82. The van der Waals surface area contributed by atoms with E-state index in [1.807, 2.05) is 0 Å². The van der Waals surface area contributed by atoms with Gasteiger partial charge < -0.3 is 9.26 Å². The van der Waals surface area contributed by atoms with E-state index < -0.39 is 5.97 Å².